The zero-order valence-corrected chi connectivity index (χ0v) is 17.4. The van der Waals surface area contributed by atoms with Crippen molar-refractivity contribution in [1.82, 2.24) is 16.0 Å². The lowest BCUT2D eigenvalue weighted by Crippen LogP contribution is -2.53. The summed E-state index contributed by atoms with van der Waals surface area (Å²) in [6.07, 6.45) is 4.66. The van der Waals surface area contributed by atoms with Gasteiger partial charge in [0, 0.05) is 31.8 Å². The molecule has 0 aliphatic heterocycles. The van der Waals surface area contributed by atoms with Gasteiger partial charge in [-0.3, -0.25) is 4.79 Å². The number of benzene rings is 1. The second-order valence-electron chi connectivity index (χ2n) is 6.71. The van der Waals surface area contributed by atoms with Gasteiger partial charge in [0.05, 0.1) is 13.2 Å². The Hall–Kier alpha value is -0.850. The standard InChI is InChI=1S/C19H31N3O2.2ClH/c1-16(17-8-4-3-5-9-17)22-19(10-6-7-11-19)15-21-18(23)14-20-12-13-24-2;;/h3-5,8-9,16,20,22H,6-7,10-15H2,1-2H3,(H,21,23);2*1H. The molecule has 0 radical (unpaired) electrons. The van der Waals surface area contributed by atoms with Gasteiger partial charge in [-0.2, -0.15) is 0 Å². The minimum atomic E-state index is 0. The van der Waals surface area contributed by atoms with Crippen molar-refractivity contribution in [3.8, 4) is 0 Å². The molecule has 0 saturated heterocycles. The predicted octanol–water partition coefficient (Wildman–Crippen LogP) is 2.85. The fourth-order valence-electron chi connectivity index (χ4n) is 3.41. The van der Waals surface area contributed by atoms with Gasteiger partial charge in [-0.1, -0.05) is 43.2 Å². The maximum Gasteiger partial charge on any atom is 0.234 e. The normalized spacial score (nSPS) is 16.2. The molecule has 1 unspecified atom stereocenters. The predicted molar refractivity (Wildman–Crippen MR) is 111 cm³/mol. The van der Waals surface area contributed by atoms with Crippen molar-refractivity contribution in [3.05, 3.63) is 35.9 Å². The quantitative estimate of drug-likeness (QED) is 0.523. The maximum atomic E-state index is 12.0. The van der Waals surface area contributed by atoms with Crippen LogP contribution in [0.1, 0.15) is 44.2 Å². The lowest BCUT2D eigenvalue weighted by Gasteiger charge is -2.34. The fourth-order valence-corrected chi connectivity index (χ4v) is 3.41. The van der Waals surface area contributed by atoms with Crippen LogP contribution in [0, 0.1) is 0 Å². The lowest BCUT2D eigenvalue weighted by atomic mass is 9.94. The van der Waals surface area contributed by atoms with E-state index in [1.165, 1.54) is 18.4 Å². The largest absolute Gasteiger partial charge is 0.383 e. The molecule has 0 heterocycles. The summed E-state index contributed by atoms with van der Waals surface area (Å²) in [4.78, 5) is 12.0. The van der Waals surface area contributed by atoms with E-state index in [1.54, 1.807) is 7.11 Å². The van der Waals surface area contributed by atoms with Crippen molar-refractivity contribution < 1.29 is 9.53 Å². The zero-order chi connectivity index (χ0) is 17.3. The maximum absolute atomic E-state index is 12.0. The van der Waals surface area contributed by atoms with Crippen LogP contribution < -0.4 is 16.0 Å². The van der Waals surface area contributed by atoms with Crippen molar-refractivity contribution in [2.24, 2.45) is 0 Å². The number of hydrogen-bond acceptors (Lipinski definition) is 4. The van der Waals surface area contributed by atoms with Crippen LogP contribution in [0.4, 0.5) is 0 Å². The summed E-state index contributed by atoms with van der Waals surface area (Å²) >= 11 is 0. The Labute approximate surface area is 169 Å². The Morgan fingerprint density at radius 1 is 1.19 bits per heavy atom. The molecular weight excluding hydrogens is 373 g/mol. The lowest BCUT2D eigenvalue weighted by molar-refractivity contribution is -0.120. The van der Waals surface area contributed by atoms with Gasteiger partial charge in [0.25, 0.3) is 0 Å². The average molecular weight is 406 g/mol. The van der Waals surface area contributed by atoms with Gasteiger partial charge in [0.15, 0.2) is 0 Å². The van der Waals surface area contributed by atoms with E-state index in [4.69, 9.17) is 4.74 Å². The topological polar surface area (TPSA) is 62.4 Å². The van der Waals surface area contributed by atoms with Crippen LogP contribution in [0.3, 0.4) is 0 Å². The van der Waals surface area contributed by atoms with Crippen LogP contribution in [0.25, 0.3) is 0 Å². The van der Waals surface area contributed by atoms with Gasteiger partial charge in [-0.25, -0.2) is 0 Å². The van der Waals surface area contributed by atoms with Crippen LogP contribution in [0.2, 0.25) is 0 Å². The number of amides is 1. The molecule has 26 heavy (non-hydrogen) atoms. The third-order valence-corrected chi connectivity index (χ3v) is 4.78. The van der Waals surface area contributed by atoms with Crippen LogP contribution in [-0.4, -0.2) is 44.8 Å². The van der Waals surface area contributed by atoms with Crippen molar-refractivity contribution in [1.29, 1.82) is 0 Å². The minimum absolute atomic E-state index is 0. The molecule has 1 aliphatic carbocycles. The number of carbonyl (C=O) groups excluding carboxylic acids is 1. The summed E-state index contributed by atoms with van der Waals surface area (Å²) in [6.45, 7) is 4.54. The van der Waals surface area contributed by atoms with E-state index in [0.29, 0.717) is 26.2 Å². The van der Waals surface area contributed by atoms with Gasteiger partial charge in [-0.05, 0) is 25.3 Å². The van der Waals surface area contributed by atoms with E-state index in [1.807, 2.05) is 6.07 Å². The third kappa shape index (κ3) is 8.23. The Kier molecular flexibility index (Phi) is 12.9. The fraction of sp³-hybridized carbons (Fsp3) is 0.632. The second-order valence-corrected chi connectivity index (χ2v) is 6.71. The van der Waals surface area contributed by atoms with Crippen LogP contribution in [0.5, 0.6) is 0 Å². The van der Waals surface area contributed by atoms with E-state index < -0.39 is 0 Å². The number of hydrogen-bond donors (Lipinski definition) is 3. The first-order chi connectivity index (χ1) is 11.7. The summed E-state index contributed by atoms with van der Waals surface area (Å²) in [5.41, 5.74) is 1.30. The molecule has 1 fully saturated rings. The third-order valence-electron chi connectivity index (χ3n) is 4.78. The highest BCUT2D eigenvalue weighted by Gasteiger charge is 2.35. The highest BCUT2D eigenvalue weighted by Crippen LogP contribution is 2.31. The van der Waals surface area contributed by atoms with Crippen molar-refractivity contribution >= 4 is 30.7 Å². The van der Waals surface area contributed by atoms with Crippen molar-refractivity contribution in [2.75, 3.05) is 33.4 Å². The van der Waals surface area contributed by atoms with Gasteiger partial charge in [0.2, 0.25) is 5.91 Å². The summed E-state index contributed by atoms with van der Waals surface area (Å²) in [7, 11) is 1.66. The molecule has 0 spiro atoms. The second kappa shape index (κ2) is 13.3. The van der Waals surface area contributed by atoms with Gasteiger partial charge >= 0.3 is 0 Å². The minimum Gasteiger partial charge on any atom is -0.383 e. The Bertz CT molecular complexity index is 497. The van der Waals surface area contributed by atoms with Crippen LogP contribution in [-0.2, 0) is 9.53 Å². The van der Waals surface area contributed by atoms with Gasteiger partial charge < -0.3 is 20.7 Å². The molecule has 1 atom stereocenters. The summed E-state index contributed by atoms with van der Waals surface area (Å²) in [6, 6.07) is 10.8. The van der Waals surface area contributed by atoms with E-state index >= 15 is 0 Å². The van der Waals surface area contributed by atoms with E-state index in [9.17, 15) is 4.79 Å². The number of rotatable bonds is 10. The van der Waals surface area contributed by atoms with Gasteiger partial charge in [-0.15, -0.1) is 24.8 Å². The molecule has 3 N–H and O–H groups in total. The average Bonchev–Trinajstić information content (AvgIpc) is 3.06. The van der Waals surface area contributed by atoms with E-state index in [-0.39, 0.29) is 42.3 Å². The molecule has 1 aromatic carbocycles. The number of nitrogens with one attached hydrogen (secondary N) is 3. The Morgan fingerprint density at radius 3 is 2.46 bits per heavy atom. The molecule has 0 aromatic heterocycles. The molecule has 1 aromatic rings. The molecule has 0 bridgehead atoms. The first-order valence-electron chi connectivity index (χ1n) is 8.94. The molecule has 1 amide bonds. The highest BCUT2D eigenvalue weighted by atomic mass is 35.5. The smallest absolute Gasteiger partial charge is 0.234 e. The van der Waals surface area contributed by atoms with Crippen LogP contribution >= 0.6 is 24.8 Å². The Morgan fingerprint density at radius 2 is 1.85 bits per heavy atom. The zero-order valence-electron chi connectivity index (χ0n) is 15.8. The molecule has 1 saturated carbocycles. The first kappa shape index (κ1) is 25.1. The number of carbonyl (C=O) groups is 1. The summed E-state index contributed by atoms with van der Waals surface area (Å²) in [5.74, 6) is 0.0477. The number of ether oxygens (including phenoxy) is 1. The van der Waals surface area contributed by atoms with Crippen molar-refractivity contribution in [3.63, 3.8) is 0 Å². The Balaban J connectivity index is 0.00000312. The molecular formula is C19H33Cl2N3O2. The van der Waals surface area contributed by atoms with E-state index in [0.717, 1.165) is 12.8 Å². The van der Waals surface area contributed by atoms with E-state index in [2.05, 4.69) is 47.1 Å². The summed E-state index contributed by atoms with van der Waals surface area (Å²) < 4.78 is 4.96. The van der Waals surface area contributed by atoms with Gasteiger partial charge in [0.1, 0.15) is 0 Å². The summed E-state index contributed by atoms with van der Waals surface area (Å²) in [5, 5.41) is 9.96. The first-order valence-corrected chi connectivity index (χ1v) is 8.94. The molecule has 5 nitrogen and oxygen atoms in total. The number of halogens is 2. The molecule has 2 rings (SSSR count). The monoisotopic (exact) mass is 405 g/mol. The van der Waals surface area contributed by atoms with Crippen molar-refractivity contribution in [2.45, 2.75) is 44.2 Å². The van der Waals surface area contributed by atoms with Crippen LogP contribution in [0.15, 0.2) is 30.3 Å². The SMILES string of the molecule is COCCNCC(=O)NCC1(NC(C)c2ccccc2)CCCC1.Cl.Cl. The molecule has 1 aliphatic rings. The molecule has 150 valence electrons. The molecule has 7 heteroatoms. The highest BCUT2D eigenvalue weighted by molar-refractivity contribution is 5.85. The number of methoxy groups -OCH3 is 1.